The molecule has 2 nitrogen and oxygen atoms in total. The number of fused-ring (bicyclic) bond motifs is 1. The summed E-state index contributed by atoms with van der Waals surface area (Å²) in [6, 6.07) is 0. The number of hydrogen-bond acceptors (Lipinski definition) is 3. The van der Waals surface area contributed by atoms with Crippen molar-refractivity contribution in [2.75, 3.05) is 6.26 Å². The average molecular weight is 146 g/mol. The zero-order valence-corrected chi connectivity index (χ0v) is 6.10. The largest absolute Gasteiger partial charge is 0.392 e. The lowest BCUT2D eigenvalue weighted by Gasteiger charge is -2.12. The Kier molecular flexibility index (Phi) is 1.25. The molecule has 9 heavy (non-hydrogen) atoms. The fourth-order valence-electron chi connectivity index (χ4n) is 1.52. The van der Waals surface area contributed by atoms with Crippen LogP contribution in [0.5, 0.6) is 0 Å². The van der Waals surface area contributed by atoms with Crippen molar-refractivity contribution in [3.8, 4) is 0 Å². The van der Waals surface area contributed by atoms with Crippen molar-refractivity contribution < 1.29 is 9.84 Å². The van der Waals surface area contributed by atoms with Crippen LogP contribution in [0.2, 0.25) is 0 Å². The van der Waals surface area contributed by atoms with Crippen LogP contribution in [-0.4, -0.2) is 34.9 Å². The van der Waals surface area contributed by atoms with Gasteiger partial charge in [-0.2, -0.15) is 11.8 Å². The van der Waals surface area contributed by atoms with Crippen LogP contribution in [0.25, 0.3) is 0 Å². The second-order valence-electron chi connectivity index (χ2n) is 2.64. The van der Waals surface area contributed by atoms with E-state index in [9.17, 15) is 5.11 Å². The van der Waals surface area contributed by atoms with E-state index in [1.165, 1.54) is 0 Å². The predicted molar refractivity (Wildman–Crippen MR) is 36.6 cm³/mol. The second kappa shape index (κ2) is 1.87. The summed E-state index contributed by atoms with van der Waals surface area (Å²) < 4.78 is 5.25. The van der Waals surface area contributed by atoms with Gasteiger partial charge in [0.05, 0.1) is 23.6 Å². The summed E-state index contributed by atoms with van der Waals surface area (Å²) in [6.07, 6.45) is 3.56. The number of aliphatic hydroxyl groups is 1. The number of hydrogen-bond donors (Lipinski definition) is 1. The van der Waals surface area contributed by atoms with Crippen LogP contribution in [0.3, 0.4) is 0 Å². The standard InChI is InChI=1S/C6H10O2S/c1-9-6-3(7)2-4-5(6)8-4/h3-7H,2H2,1H3/t3-,4+,5+,6-/m0/s1. The van der Waals surface area contributed by atoms with Gasteiger partial charge in [-0.05, 0) is 6.26 Å². The number of ether oxygens (including phenoxy) is 1. The summed E-state index contributed by atoms with van der Waals surface area (Å²) in [5, 5.41) is 9.65. The Hall–Kier alpha value is 0.270. The molecule has 1 N–H and O–H groups in total. The van der Waals surface area contributed by atoms with Gasteiger partial charge in [0.25, 0.3) is 0 Å². The summed E-state index contributed by atoms with van der Waals surface area (Å²) in [5.41, 5.74) is 0. The minimum Gasteiger partial charge on any atom is -0.392 e. The van der Waals surface area contributed by atoms with Gasteiger partial charge in [0.1, 0.15) is 0 Å². The van der Waals surface area contributed by atoms with E-state index in [4.69, 9.17) is 4.74 Å². The summed E-state index contributed by atoms with van der Waals surface area (Å²) in [6.45, 7) is 0. The van der Waals surface area contributed by atoms with Gasteiger partial charge in [0.2, 0.25) is 0 Å². The monoisotopic (exact) mass is 146 g/mol. The number of thioether (sulfide) groups is 1. The van der Waals surface area contributed by atoms with Crippen LogP contribution in [0.4, 0.5) is 0 Å². The van der Waals surface area contributed by atoms with Crippen molar-refractivity contribution >= 4 is 11.8 Å². The van der Waals surface area contributed by atoms with Crippen LogP contribution in [-0.2, 0) is 4.74 Å². The quantitative estimate of drug-likeness (QED) is 0.538. The highest BCUT2D eigenvalue weighted by molar-refractivity contribution is 7.99. The third-order valence-electron chi connectivity index (χ3n) is 2.07. The molecule has 0 aromatic heterocycles. The molecular weight excluding hydrogens is 136 g/mol. The average Bonchev–Trinajstić information content (AvgIpc) is 2.45. The Balaban J connectivity index is 2.02. The molecule has 3 heteroatoms. The van der Waals surface area contributed by atoms with E-state index in [0.29, 0.717) is 17.5 Å². The van der Waals surface area contributed by atoms with Crippen LogP contribution in [0.15, 0.2) is 0 Å². The first-order valence-corrected chi connectivity index (χ1v) is 4.48. The Morgan fingerprint density at radius 1 is 1.67 bits per heavy atom. The lowest BCUT2D eigenvalue weighted by Crippen LogP contribution is -2.21. The zero-order chi connectivity index (χ0) is 6.43. The van der Waals surface area contributed by atoms with Crippen LogP contribution in [0.1, 0.15) is 6.42 Å². The van der Waals surface area contributed by atoms with E-state index in [2.05, 4.69) is 0 Å². The van der Waals surface area contributed by atoms with Crippen molar-refractivity contribution in [2.24, 2.45) is 0 Å². The van der Waals surface area contributed by atoms with Gasteiger partial charge in [-0.1, -0.05) is 0 Å². The highest BCUT2D eigenvalue weighted by Crippen LogP contribution is 2.43. The first-order valence-electron chi connectivity index (χ1n) is 3.19. The maximum atomic E-state index is 9.29. The third-order valence-corrected chi connectivity index (χ3v) is 3.20. The Morgan fingerprint density at radius 3 is 2.78 bits per heavy atom. The zero-order valence-electron chi connectivity index (χ0n) is 5.28. The van der Waals surface area contributed by atoms with Gasteiger partial charge >= 0.3 is 0 Å². The van der Waals surface area contributed by atoms with Gasteiger partial charge in [0, 0.05) is 6.42 Å². The molecule has 2 aliphatic rings. The molecule has 52 valence electrons. The van der Waals surface area contributed by atoms with Crippen molar-refractivity contribution in [2.45, 2.75) is 30.0 Å². The topological polar surface area (TPSA) is 32.8 Å². The molecular formula is C6H10O2S. The number of aliphatic hydroxyl groups excluding tert-OH is 1. The molecule has 0 aromatic carbocycles. The van der Waals surface area contributed by atoms with Crippen molar-refractivity contribution in [1.82, 2.24) is 0 Å². The molecule has 0 unspecified atom stereocenters. The van der Waals surface area contributed by atoms with E-state index < -0.39 is 0 Å². The summed E-state index contributed by atoms with van der Waals surface area (Å²) >= 11 is 1.72. The minimum atomic E-state index is -0.108. The lowest BCUT2D eigenvalue weighted by molar-refractivity contribution is 0.135. The SMILES string of the molecule is CS[C@@H]1[C@@H]2O[C@@H]2C[C@@H]1O. The number of rotatable bonds is 1. The maximum absolute atomic E-state index is 9.29. The van der Waals surface area contributed by atoms with Gasteiger partial charge in [0.15, 0.2) is 0 Å². The summed E-state index contributed by atoms with van der Waals surface area (Å²) in [7, 11) is 0. The van der Waals surface area contributed by atoms with E-state index in [1.54, 1.807) is 11.8 Å². The van der Waals surface area contributed by atoms with E-state index in [1.807, 2.05) is 6.26 Å². The first kappa shape index (κ1) is 6.01. The molecule has 0 aromatic rings. The Morgan fingerprint density at radius 2 is 2.44 bits per heavy atom. The molecule has 1 saturated heterocycles. The van der Waals surface area contributed by atoms with Crippen LogP contribution >= 0.6 is 11.8 Å². The van der Waals surface area contributed by atoms with E-state index in [0.717, 1.165) is 6.42 Å². The smallest absolute Gasteiger partial charge is 0.0986 e. The predicted octanol–water partition coefficient (Wildman–Crippen LogP) is 0.250. The molecule has 0 amide bonds. The number of epoxide rings is 1. The van der Waals surface area contributed by atoms with Crippen molar-refractivity contribution in [1.29, 1.82) is 0 Å². The molecule has 4 atom stereocenters. The van der Waals surface area contributed by atoms with Gasteiger partial charge in [-0.15, -0.1) is 0 Å². The molecule has 1 aliphatic carbocycles. The van der Waals surface area contributed by atoms with E-state index in [-0.39, 0.29) is 6.10 Å². The molecule has 0 spiro atoms. The lowest BCUT2D eigenvalue weighted by atomic mass is 10.3. The molecule has 2 rings (SSSR count). The first-order chi connectivity index (χ1) is 4.33. The van der Waals surface area contributed by atoms with Crippen molar-refractivity contribution in [3.05, 3.63) is 0 Å². The molecule has 1 aliphatic heterocycles. The van der Waals surface area contributed by atoms with Gasteiger partial charge in [-0.3, -0.25) is 0 Å². The van der Waals surface area contributed by atoms with Crippen molar-refractivity contribution in [3.63, 3.8) is 0 Å². The molecule has 1 saturated carbocycles. The Bertz CT molecular complexity index is 126. The minimum absolute atomic E-state index is 0.108. The Labute approximate surface area is 58.6 Å². The highest BCUT2D eigenvalue weighted by Gasteiger charge is 2.54. The normalized spacial score (nSPS) is 55.3. The fourth-order valence-corrected chi connectivity index (χ4v) is 2.45. The van der Waals surface area contributed by atoms with Gasteiger partial charge < -0.3 is 9.84 Å². The molecule has 0 bridgehead atoms. The highest BCUT2D eigenvalue weighted by atomic mass is 32.2. The van der Waals surface area contributed by atoms with E-state index >= 15 is 0 Å². The van der Waals surface area contributed by atoms with Gasteiger partial charge in [-0.25, -0.2) is 0 Å². The molecule has 1 heterocycles. The van der Waals surface area contributed by atoms with Crippen LogP contribution < -0.4 is 0 Å². The third kappa shape index (κ3) is 0.791. The van der Waals surface area contributed by atoms with Crippen LogP contribution in [0, 0.1) is 0 Å². The second-order valence-corrected chi connectivity index (χ2v) is 3.66. The summed E-state index contributed by atoms with van der Waals surface area (Å²) in [5.74, 6) is 0. The molecule has 2 fully saturated rings. The maximum Gasteiger partial charge on any atom is 0.0986 e. The molecule has 0 radical (unpaired) electrons. The summed E-state index contributed by atoms with van der Waals surface area (Å²) in [4.78, 5) is 0. The fraction of sp³-hybridized carbons (Fsp3) is 1.00.